The zero-order valence-corrected chi connectivity index (χ0v) is 14.7. The Labute approximate surface area is 177 Å². The van der Waals surface area contributed by atoms with Crippen molar-refractivity contribution in [2.75, 3.05) is 0 Å². The van der Waals surface area contributed by atoms with Gasteiger partial charge in [-0.15, -0.1) is 0 Å². The molecule has 1 nitrogen and oxygen atoms in total. The Balaban J connectivity index is 2.11. The average Bonchev–Trinajstić information content (AvgIpc) is 3.27. The van der Waals surface area contributed by atoms with Gasteiger partial charge in [0.25, 0.3) is 0 Å². The molecule has 0 saturated carbocycles. The molecule has 0 N–H and O–H groups in total. The smallest absolute Gasteiger partial charge is 0.0646 e. The Morgan fingerprint density at radius 1 is 0.731 bits per heavy atom. The molecule has 0 bridgehead atoms. The first-order chi connectivity index (χ1) is 17.8. The summed E-state index contributed by atoms with van der Waals surface area (Å²) in [6, 6.07) is 0.750. The fourth-order valence-electron chi connectivity index (χ4n) is 3.00. The lowest BCUT2D eigenvalue weighted by molar-refractivity contribution is 1.18. The van der Waals surface area contributed by atoms with Crippen LogP contribution < -0.4 is 0 Å². The molecule has 0 atom stereocenters. The van der Waals surface area contributed by atoms with Gasteiger partial charge in [-0.05, 0) is 35.8 Å². The highest BCUT2D eigenvalue weighted by atomic mass is 79.9. The van der Waals surface area contributed by atoms with E-state index in [1.54, 1.807) is 12.1 Å². The van der Waals surface area contributed by atoms with E-state index in [9.17, 15) is 0 Å². The summed E-state index contributed by atoms with van der Waals surface area (Å²) in [5.41, 5.74) is 0.0698. The number of hydrogen-bond donors (Lipinski definition) is 0. The maximum atomic E-state index is 8.76. The zero-order chi connectivity index (χ0) is 28.0. The van der Waals surface area contributed by atoms with Crippen LogP contribution in [0.15, 0.2) is 101 Å². The topological polar surface area (TPSA) is 4.93 Å². The molecule has 5 aromatic rings. The maximum absolute atomic E-state index is 8.76. The highest BCUT2D eigenvalue weighted by Gasteiger charge is 2.15. The minimum atomic E-state index is -0.566. The monoisotopic (exact) mass is 409 g/mol. The van der Waals surface area contributed by atoms with Crippen LogP contribution in [-0.4, -0.2) is 4.57 Å². The van der Waals surface area contributed by atoms with Gasteiger partial charge in [-0.1, -0.05) is 82.5 Å². The highest BCUT2D eigenvalue weighted by Crippen LogP contribution is 2.36. The molecule has 2 heteroatoms. The van der Waals surface area contributed by atoms with Crippen molar-refractivity contribution in [2.45, 2.75) is 0 Å². The van der Waals surface area contributed by atoms with Crippen molar-refractivity contribution < 1.29 is 16.4 Å². The second-order valence-corrected chi connectivity index (χ2v) is 6.28. The standard InChI is InChI=1S/C24H16BrN/c25-18-14-15-24-21(16-18)20-11-5-7-13-23(20)26(24)22-12-6-4-10-19(22)17-8-2-1-3-9-17/h1-16H/i1D,2D,3D,5D,7D,8D,9D,11D,13D,14D,15D,16D. The van der Waals surface area contributed by atoms with Gasteiger partial charge in [0, 0.05) is 20.8 Å². The third-order valence-electron chi connectivity index (χ3n) is 4.04. The zero-order valence-electron chi connectivity index (χ0n) is 25.1. The summed E-state index contributed by atoms with van der Waals surface area (Å²) in [6.45, 7) is 0. The molecule has 1 aromatic heterocycles. The number of para-hydroxylation sites is 2. The molecule has 0 aliphatic rings. The van der Waals surface area contributed by atoms with Gasteiger partial charge in [-0.2, -0.15) is 0 Å². The quantitative estimate of drug-likeness (QED) is 0.290. The van der Waals surface area contributed by atoms with Crippen LogP contribution in [0.2, 0.25) is 0 Å². The predicted octanol–water partition coefficient (Wildman–Crippen LogP) is 7.21. The first-order valence-electron chi connectivity index (χ1n) is 13.7. The van der Waals surface area contributed by atoms with Crippen molar-refractivity contribution in [2.24, 2.45) is 0 Å². The Morgan fingerprint density at radius 3 is 2.35 bits per heavy atom. The summed E-state index contributed by atoms with van der Waals surface area (Å²) in [7, 11) is 0. The third-order valence-corrected chi connectivity index (χ3v) is 4.44. The maximum Gasteiger partial charge on any atom is 0.0646 e. The average molecular weight is 410 g/mol. The fraction of sp³-hybridized carbons (Fsp3) is 0. The molecule has 1 heterocycles. The lowest BCUT2D eigenvalue weighted by atomic mass is 10.0. The molecule has 0 amide bonds. The van der Waals surface area contributed by atoms with Crippen molar-refractivity contribution >= 4 is 37.7 Å². The van der Waals surface area contributed by atoms with Crippen LogP contribution in [0.25, 0.3) is 38.6 Å². The van der Waals surface area contributed by atoms with Gasteiger partial charge in [-0.3, -0.25) is 0 Å². The van der Waals surface area contributed by atoms with Crippen LogP contribution in [0.3, 0.4) is 0 Å². The van der Waals surface area contributed by atoms with E-state index in [4.69, 9.17) is 16.4 Å². The Kier molecular flexibility index (Phi) is 1.75. The molecule has 0 aliphatic carbocycles. The predicted molar refractivity (Wildman–Crippen MR) is 114 cm³/mol. The lowest BCUT2D eigenvalue weighted by Gasteiger charge is -2.14. The summed E-state index contributed by atoms with van der Waals surface area (Å²) in [6.07, 6.45) is 0. The minimum absolute atomic E-state index is 0.0136. The van der Waals surface area contributed by atoms with Crippen LogP contribution in [-0.2, 0) is 0 Å². The van der Waals surface area contributed by atoms with Gasteiger partial charge < -0.3 is 4.57 Å². The molecule has 26 heavy (non-hydrogen) atoms. The Bertz CT molecular complexity index is 1750. The Hall–Kier alpha value is -2.84. The molecule has 5 rings (SSSR count). The molecule has 0 saturated heterocycles. The first kappa shape index (κ1) is 7.42. The fourth-order valence-corrected chi connectivity index (χ4v) is 3.29. The number of rotatable bonds is 2. The first-order valence-corrected chi connectivity index (χ1v) is 8.48. The van der Waals surface area contributed by atoms with Gasteiger partial charge in [0.05, 0.1) is 33.2 Å². The van der Waals surface area contributed by atoms with Crippen molar-refractivity contribution in [3.63, 3.8) is 0 Å². The van der Waals surface area contributed by atoms with Crippen molar-refractivity contribution in [1.82, 2.24) is 4.57 Å². The van der Waals surface area contributed by atoms with E-state index in [0.29, 0.717) is 0 Å². The molecular weight excluding hydrogens is 382 g/mol. The van der Waals surface area contributed by atoms with Gasteiger partial charge in [0.15, 0.2) is 0 Å². The van der Waals surface area contributed by atoms with Crippen molar-refractivity contribution in [1.29, 1.82) is 0 Å². The Morgan fingerprint density at radius 2 is 1.46 bits per heavy atom. The molecule has 0 aliphatic heterocycles. The number of fused-ring (bicyclic) bond motifs is 3. The molecule has 0 radical (unpaired) electrons. The number of aromatic nitrogens is 1. The highest BCUT2D eigenvalue weighted by molar-refractivity contribution is 9.10. The summed E-state index contributed by atoms with van der Waals surface area (Å²) < 4.78 is 102. The number of halogens is 1. The van der Waals surface area contributed by atoms with Crippen LogP contribution in [0, 0.1) is 0 Å². The third kappa shape index (κ3) is 2.38. The van der Waals surface area contributed by atoms with E-state index in [-0.39, 0.29) is 61.2 Å². The second-order valence-electron chi connectivity index (χ2n) is 5.49. The normalized spacial score (nSPS) is 17.7. The largest absolute Gasteiger partial charge is 0.309 e. The van der Waals surface area contributed by atoms with E-state index in [1.807, 2.05) is 0 Å². The summed E-state index contributed by atoms with van der Waals surface area (Å²) in [4.78, 5) is 0. The number of nitrogens with zero attached hydrogens (tertiary/aromatic N) is 1. The number of benzene rings is 4. The van der Waals surface area contributed by atoms with Gasteiger partial charge in [-0.25, -0.2) is 0 Å². The lowest BCUT2D eigenvalue weighted by Crippen LogP contribution is -1.96. The van der Waals surface area contributed by atoms with E-state index < -0.39 is 54.4 Å². The summed E-state index contributed by atoms with van der Waals surface area (Å²) in [5, 5.41) is -0.00296. The molecule has 0 fully saturated rings. The summed E-state index contributed by atoms with van der Waals surface area (Å²) >= 11 is 3.17. The van der Waals surface area contributed by atoms with Crippen molar-refractivity contribution in [3.05, 3.63) is 101 Å². The van der Waals surface area contributed by atoms with Gasteiger partial charge >= 0.3 is 0 Å². The van der Waals surface area contributed by atoms with Gasteiger partial charge in [0.1, 0.15) is 0 Å². The number of hydrogen-bond acceptors (Lipinski definition) is 0. The van der Waals surface area contributed by atoms with E-state index >= 15 is 0 Å². The van der Waals surface area contributed by atoms with Crippen molar-refractivity contribution in [3.8, 4) is 16.8 Å². The molecule has 0 unspecified atom stereocenters. The second kappa shape index (κ2) is 6.15. The van der Waals surface area contributed by atoms with Crippen LogP contribution in [0.4, 0.5) is 0 Å². The molecule has 4 aromatic carbocycles. The van der Waals surface area contributed by atoms with Gasteiger partial charge in [0.2, 0.25) is 0 Å². The SMILES string of the molecule is [2H]c1c([2H])c([2H])c(-c2ccccc2-n2c3c([2H])c([2H])c([2H])c([2H])c3c3c([2H])c(Br)c([2H])c([2H])c32)c([2H])c1[2H]. The van der Waals surface area contributed by atoms with E-state index in [1.165, 1.54) is 16.7 Å². The van der Waals surface area contributed by atoms with Crippen LogP contribution >= 0.6 is 15.9 Å². The minimum Gasteiger partial charge on any atom is -0.309 e. The van der Waals surface area contributed by atoms with Crippen LogP contribution in [0.1, 0.15) is 16.4 Å². The van der Waals surface area contributed by atoms with Crippen LogP contribution in [0.5, 0.6) is 0 Å². The molecule has 0 spiro atoms. The molecular formula is C24H16BrN. The summed E-state index contributed by atoms with van der Waals surface area (Å²) in [5.74, 6) is 0. The van der Waals surface area contributed by atoms with E-state index in [0.717, 1.165) is 0 Å². The van der Waals surface area contributed by atoms with E-state index in [2.05, 4.69) is 15.9 Å². The molecule has 124 valence electrons.